The number of carbonyl (C=O) groups excluding carboxylic acids is 1. The zero-order chi connectivity index (χ0) is 20.8. The van der Waals surface area contributed by atoms with Gasteiger partial charge in [0, 0.05) is 16.1 Å². The van der Waals surface area contributed by atoms with Gasteiger partial charge in [-0.3, -0.25) is 4.79 Å². The number of hydrogen-bond acceptors (Lipinski definition) is 6. The van der Waals surface area contributed by atoms with E-state index in [-0.39, 0.29) is 11.7 Å². The maximum Gasteiger partial charge on any atom is 0.316 e. The number of aromatic nitrogens is 1. The molecule has 0 spiro atoms. The van der Waals surface area contributed by atoms with E-state index in [9.17, 15) is 10.1 Å². The molecule has 0 aliphatic rings. The average Bonchev–Trinajstić information content (AvgIpc) is 2.77. The molecule has 0 saturated carbocycles. The number of nitrogens with zero attached hydrogens (tertiary/aromatic N) is 2. The van der Waals surface area contributed by atoms with Crippen molar-refractivity contribution in [3.8, 4) is 34.2 Å². The van der Waals surface area contributed by atoms with Gasteiger partial charge in [0.2, 0.25) is 0 Å². The number of carbonyl (C=O) groups is 1. The van der Waals surface area contributed by atoms with Gasteiger partial charge in [-0.2, -0.15) is 5.26 Å². The summed E-state index contributed by atoms with van der Waals surface area (Å²) in [5.74, 6) is 0.411. The van der Waals surface area contributed by atoms with Crippen molar-refractivity contribution in [2.24, 2.45) is 0 Å². The number of halogens is 1. The number of esters is 1. The predicted molar refractivity (Wildman–Crippen MR) is 114 cm³/mol. The average molecular weight is 425 g/mol. The second kappa shape index (κ2) is 9.46. The number of thioether (sulfide) groups is 1. The molecule has 1 aromatic heterocycles. The van der Waals surface area contributed by atoms with Gasteiger partial charge in [0.1, 0.15) is 16.8 Å². The molecule has 0 N–H and O–H groups in total. The third kappa shape index (κ3) is 4.89. The Morgan fingerprint density at radius 1 is 1.10 bits per heavy atom. The van der Waals surface area contributed by atoms with E-state index in [4.69, 9.17) is 21.1 Å². The zero-order valence-electron chi connectivity index (χ0n) is 15.8. The van der Waals surface area contributed by atoms with Crippen molar-refractivity contribution in [1.82, 2.24) is 4.98 Å². The smallest absolute Gasteiger partial charge is 0.316 e. The van der Waals surface area contributed by atoms with Crippen molar-refractivity contribution in [3.63, 3.8) is 0 Å². The number of ether oxygens (including phenoxy) is 2. The minimum atomic E-state index is -0.386. The lowest BCUT2D eigenvalue weighted by molar-refractivity contribution is -0.137. The fourth-order valence-corrected chi connectivity index (χ4v) is 3.65. The third-order valence-corrected chi connectivity index (χ3v) is 5.39. The van der Waals surface area contributed by atoms with Gasteiger partial charge in [0.25, 0.3) is 0 Å². The zero-order valence-corrected chi connectivity index (χ0v) is 17.4. The number of nitriles is 1. The number of benzene rings is 2. The van der Waals surface area contributed by atoms with Crippen LogP contribution in [0.1, 0.15) is 5.56 Å². The van der Waals surface area contributed by atoms with Crippen molar-refractivity contribution in [3.05, 3.63) is 65.2 Å². The standard InChI is InChI=1S/C22H17ClN2O3S/c1-27-17-9-5-15(6-10-17)20-11-18(14-3-7-16(23)8-4-14)19(12-24)22(25-20)29-13-21(26)28-2/h3-11H,13H2,1-2H3. The van der Waals surface area contributed by atoms with Gasteiger partial charge in [-0.25, -0.2) is 4.98 Å². The topological polar surface area (TPSA) is 72.2 Å². The molecule has 3 aromatic rings. The van der Waals surface area contributed by atoms with Crippen LogP contribution in [0.15, 0.2) is 59.6 Å². The molecule has 0 unspecified atom stereocenters. The fourth-order valence-electron chi connectivity index (χ4n) is 2.69. The number of pyridine rings is 1. The summed E-state index contributed by atoms with van der Waals surface area (Å²) in [5, 5.41) is 10.9. The van der Waals surface area contributed by atoms with E-state index in [0.717, 1.165) is 22.4 Å². The molecule has 0 radical (unpaired) electrons. The lowest BCUT2D eigenvalue weighted by Gasteiger charge is -2.13. The van der Waals surface area contributed by atoms with Gasteiger partial charge < -0.3 is 9.47 Å². The maximum atomic E-state index is 11.6. The highest BCUT2D eigenvalue weighted by atomic mass is 35.5. The molecule has 0 bridgehead atoms. The predicted octanol–water partition coefficient (Wildman–Crippen LogP) is 5.21. The Morgan fingerprint density at radius 2 is 1.76 bits per heavy atom. The van der Waals surface area contributed by atoms with E-state index < -0.39 is 0 Å². The quantitative estimate of drug-likeness (QED) is 0.399. The van der Waals surface area contributed by atoms with E-state index in [1.54, 1.807) is 19.2 Å². The fraction of sp³-hybridized carbons (Fsp3) is 0.136. The Labute approximate surface area is 178 Å². The summed E-state index contributed by atoms with van der Waals surface area (Å²) in [7, 11) is 2.93. The highest BCUT2D eigenvalue weighted by molar-refractivity contribution is 7.99. The van der Waals surface area contributed by atoms with Crippen molar-refractivity contribution < 1.29 is 14.3 Å². The molecule has 0 amide bonds. The summed E-state index contributed by atoms with van der Waals surface area (Å²) in [6.45, 7) is 0. The minimum Gasteiger partial charge on any atom is -0.497 e. The molecule has 3 rings (SSSR count). The third-order valence-electron chi connectivity index (χ3n) is 4.19. The summed E-state index contributed by atoms with van der Waals surface area (Å²) in [6, 6.07) is 18.8. The van der Waals surface area contributed by atoms with Gasteiger partial charge in [-0.15, -0.1) is 0 Å². The Morgan fingerprint density at radius 3 is 2.34 bits per heavy atom. The van der Waals surface area contributed by atoms with Crippen LogP contribution in [0.4, 0.5) is 0 Å². The molecule has 146 valence electrons. The van der Waals surface area contributed by atoms with E-state index in [0.29, 0.717) is 21.3 Å². The van der Waals surface area contributed by atoms with Gasteiger partial charge in [0.15, 0.2) is 0 Å². The second-order valence-corrected chi connectivity index (χ2v) is 7.35. The molecule has 2 aromatic carbocycles. The first-order valence-corrected chi connectivity index (χ1v) is 9.97. The van der Waals surface area contributed by atoms with Crippen LogP contribution in [0.5, 0.6) is 5.75 Å². The number of hydrogen-bond donors (Lipinski definition) is 0. The lowest BCUT2D eigenvalue weighted by atomic mass is 9.99. The number of rotatable bonds is 6. The first-order chi connectivity index (χ1) is 14.0. The van der Waals surface area contributed by atoms with Crippen LogP contribution in [0.3, 0.4) is 0 Å². The van der Waals surface area contributed by atoms with E-state index in [2.05, 4.69) is 11.1 Å². The maximum absolute atomic E-state index is 11.6. The monoisotopic (exact) mass is 424 g/mol. The highest BCUT2D eigenvalue weighted by Gasteiger charge is 2.17. The van der Waals surface area contributed by atoms with Gasteiger partial charge in [0.05, 0.1) is 31.2 Å². The van der Waals surface area contributed by atoms with Gasteiger partial charge in [-0.05, 0) is 48.0 Å². The van der Waals surface area contributed by atoms with Crippen LogP contribution < -0.4 is 4.74 Å². The van der Waals surface area contributed by atoms with Crippen LogP contribution in [-0.4, -0.2) is 30.9 Å². The molecule has 5 nitrogen and oxygen atoms in total. The molecule has 7 heteroatoms. The normalized spacial score (nSPS) is 10.3. The molecule has 1 heterocycles. The summed E-state index contributed by atoms with van der Waals surface area (Å²) in [4.78, 5) is 16.3. The summed E-state index contributed by atoms with van der Waals surface area (Å²) in [6.07, 6.45) is 0. The molecule has 0 saturated heterocycles. The first-order valence-electron chi connectivity index (χ1n) is 8.61. The molecule has 0 atom stereocenters. The van der Waals surface area contributed by atoms with Crippen LogP contribution in [0.25, 0.3) is 22.4 Å². The Kier molecular flexibility index (Phi) is 6.76. The van der Waals surface area contributed by atoms with Crippen molar-refractivity contribution >= 4 is 29.3 Å². The second-order valence-electron chi connectivity index (χ2n) is 5.95. The molecule has 0 aliphatic carbocycles. The van der Waals surface area contributed by atoms with Crippen molar-refractivity contribution in [2.45, 2.75) is 5.03 Å². The van der Waals surface area contributed by atoms with Crippen molar-refractivity contribution in [2.75, 3.05) is 20.0 Å². The Balaban J connectivity index is 2.15. The summed E-state index contributed by atoms with van der Waals surface area (Å²) < 4.78 is 9.93. The summed E-state index contributed by atoms with van der Waals surface area (Å²) >= 11 is 7.19. The van der Waals surface area contributed by atoms with Crippen molar-refractivity contribution in [1.29, 1.82) is 5.26 Å². The van der Waals surface area contributed by atoms with Crippen LogP contribution >= 0.6 is 23.4 Å². The van der Waals surface area contributed by atoms with E-state index in [1.807, 2.05) is 42.5 Å². The van der Waals surface area contributed by atoms with Gasteiger partial charge in [-0.1, -0.05) is 35.5 Å². The summed E-state index contributed by atoms with van der Waals surface area (Å²) in [5.41, 5.74) is 3.51. The van der Waals surface area contributed by atoms with Crippen LogP contribution in [0, 0.1) is 11.3 Å². The lowest BCUT2D eigenvalue weighted by Crippen LogP contribution is -2.04. The highest BCUT2D eigenvalue weighted by Crippen LogP contribution is 2.35. The first kappa shape index (κ1) is 20.7. The number of methoxy groups -OCH3 is 2. The molecule has 29 heavy (non-hydrogen) atoms. The molecular weight excluding hydrogens is 408 g/mol. The van der Waals surface area contributed by atoms with E-state index >= 15 is 0 Å². The van der Waals surface area contributed by atoms with Gasteiger partial charge >= 0.3 is 5.97 Å². The molecule has 0 aliphatic heterocycles. The largest absolute Gasteiger partial charge is 0.497 e. The van der Waals surface area contributed by atoms with Crippen LogP contribution in [0.2, 0.25) is 5.02 Å². The Bertz CT molecular complexity index is 1060. The van der Waals surface area contributed by atoms with E-state index in [1.165, 1.54) is 18.9 Å². The minimum absolute atomic E-state index is 0.0598. The Hall–Kier alpha value is -3.01. The molecular formula is C22H17ClN2O3S. The SMILES string of the molecule is COC(=O)CSc1nc(-c2ccc(OC)cc2)cc(-c2ccc(Cl)cc2)c1C#N. The van der Waals surface area contributed by atoms with Crippen LogP contribution in [-0.2, 0) is 9.53 Å². The molecule has 0 fully saturated rings.